The minimum atomic E-state index is -1.58. The van der Waals surface area contributed by atoms with Crippen molar-refractivity contribution in [3.63, 3.8) is 0 Å². The summed E-state index contributed by atoms with van der Waals surface area (Å²) in [5, 5.41) is 15.2. The first-order valence-corrected chi connectivity index (χ1v) is 9.31. The molecule has 5 atom stereocenters. The van der Waals surface area contributed by atoms with Crippen molar-refractivity contribution in [3.8, 4) is 11.8 Å². The van der Waals surface area contributed by atoms with Gasteiger partial charge in [0.05, 0.1) is 6.10 Å². The molecule has 1 aliphatic rings. The minimum Gasteiger partial charge on any atom is -0.490 e. The van der Waals surface area contributed by atoms with Crippen LogP contribution in [0.15, 0.2) is 0 Å². The molecule has 0 amide bonds. The van der Waals surface area contributed by atoms with E-state index in [-0.39, 0.29) is 18.0 Å². The second kappa shape index (κ2) is 9.32. The lowest BCUT2D eigenvalue weighted by Crippen LogP contribution is -2.54. The number of aromatic hydroxyl groups is 1. The maximum Gasteiger partial charge on any atom is 0.303 e. The molecular formula is C16H20F2N2O7S. The summed E-state index contributed by atoms with van der Waals surface area (Å²) in [7, 11) is 0. The number of hydrogen-bond donors (Lipinski definition) is 1. The first kappa shape index (κ1) is 22.1. The van der Waals surface area contributed by atoms with E-state index in [9.17, 15) is 18.4 Å². The third-order valence-electron chi connectivity index (χ3n) is 4.04. The number of halogens is 2. The average molecular weight is 422 g/mol. The molecule has 1 saturated heterocycles. The van der Waals surface area contributed by atoms with Crippen LogP contribution in [0.3, 0.4) is 0 Å². The lowest BCUT2D eigenvalue weighted by atomic mass is 9.92. The molecule has 1 aromatic heterocycles. The molecule has 156 valence electrons. The van der Waals surface area contributed by atoms with Crippen molar-refractivity contribution in [2.24, 2.45) is 5.92 Å². The Morgan fingerprint density at radius 3 is 2.32 bits per heavy atom. The molecule has 1 N–H and O–H groups in total. The Kier molecular flexibility index (Phi) is 7.35. The Balaban J connectivity index is 2.11. The standard InChI is InChI=1S/C16H20F2N2O7S/c1-6-7(2)25-16(13(27-9(4)22)12(6)26-8(3)21)28-5-24-15-11(18)10(17)14(23)19-20-15/h6-7,12-13,16H,5H2,1-4H3,(H,19,23). The van der Waals surface area contributed by atoms with E-state index in [2.05, 4.69) is 10.2 Å². The molecule has 0 spiro atoms. The molecule has 9 nitrogen and oxygen atoms in total. The molecule has 0 saturated carbocycles. The second-order valence-electron chi connectivity index (χ2n) is 6.10. The third kappa shape index (κ3) is 5.19. The van der Waals surface area contributed by atoms with Crippen molar-refractivity contribution in [1.82, 2.24) is 10.2 Å². The monoisotopic (exact) mass is 422 g/mol. The van der Waals surface area contributed by atoms with E-state index >= 15 is 0 Å². The van der Waals surface area contributed by atoms with Crippen molar-refractivity contribution in [2.75, 3.05) is 5.94 Å². The van der Waals surface area contributed by atoms with Crippen LogP contribution in [0.1, 0.15) is 27.7 Å². The molecule has 0 aromatic carbocycles. The summed E-state index contributed by atoms with van der Waals surface area (Å²) in [6.07, 6.45) is -2.05. The van der Waals surface area contributed by atoms with E-state index < -0.39 is 53.0 Å². The summed E-state index contributed by atoms with van der Waals surface area (Å²) >= 11 is 0.965. The Morgan fingerprint density at radius 2 is 1.71 bits per heavy atom. The smallest absolute Gasteiger partial charge is 0.303 e. The summed E-state index contributed by atoms with van der Waals surface area (Å²) in [5.41, 5.74) is -0.808. The highest BCUT2D eigenvalue weighted by Crippen LogP contribution is 2.35. The number of hydrogen-bond acceptors (Lipinski definition) is 10. The number of thioether (sulfide) groups is 1. The van der Waals surface area contributed by atoms with Gasteiger partial charge in [-0.2, -0.15) is 8.78 Å². The van der Waals surface area contributed by atoms with E-state index in [1.807, 2.05) is 0 Å². The number of nitrogens with zero attached hydrogens (tertiary/aromatic N) is 2. The normalized spacial score (nSPS) is 27.1. The van der Waals surface area contributed by atoms with E-state index in [4.69, 9.17) is 24.1 Å². The fraction of sp³-hybridized carbons (Fsp3) is 0.625. The molecule has 2 rings (SSSR count). The number of carbonyl (C=O) groups is 2. The highest BCUT2D eigenvalue weighted by molar-refractivity contribution is 7.99. The summed E-state index contributed by atoms with van der Waals surface area (Å²) in [6.45, 7) is 6.00. The van der Waals surface area contributed by atoms with Crippen molar-refractivity contribution in [3.05, 3.63) is 11.6 Å². The maximum absolute atomic E-state index is 13.7. The molecule has 5 unspecified atom stereocenters. The van der Waals surface area contributed by atoms with Crippen molar-refractivity contribution >= 4 is 23.7 Å². The quantitative estimate of drug-likeness (QED) is 0.537. The molecule has 1 fully saturated rings. The molecule has 28 heavy (non-hydrogen) atoms. The van der Waals surface area contributed by atoms with Gasteiger partial charge in [0.15, 0.2) is 6.10 Å². The van der Waals surface area contributed by atoms with Crippen molar-refractivity contribution in [1.29, 1.82) is 0 Å². The van der Waals surface area contributed by atoms with Gasteiger partial charge in [0.2, 0.25) is 11.6 Å². The van der Waals surface area contributed by atoms with Crippen LogP contribution in [-0.2, 0) is 23.8 Å². The van der Waals surface area contributed by atoms with Crippen molar-refractivity contribution in [2.45, 2.75) is 51.4 Å². The van der Waals surface area contributed by atoms with Gasteiger partial charge in [-0.25, -0.2) is 0 Å². The third-order valence-corrected chi connectivity index (χ3v) is 5.01. The molecule has 0 radical (unpaired) electrons. The fourth-order valence-corrected chi connectivity index (χ4v) is 3.54. The molecule has 1 aliphatic heterocycles. The van der Waals surface area contributed by atoms with Crippen LogP contribution in [-0.4, -0.2) is 56.9 Å². The number of rotatable bonds is 6. The molecule has 0 aliphatic carbocycles. The van der Waals surface area contributed by atoms with E-state index in [0.29, 0.717) is 0 Å². The summed E-state index contributed by atoms with van der Waals surface area (Å²) in [5.74, 6) is -6.69. The Morgan fingerprint density at radius 1 is 1.11 bits per heavy atom. The Labute approximate surface area is 163 Å². The highest BCUT2D eigenvalue weighted by atomic mass is 32.2. The van der Waals surface area contributed by atoms with E-state index in [1.54, 1.807) is 13.8 Å². The van der Waals surface area contributed by atoms with Gasteiger partial charge in [-0.15, -0.1) is 10.2 Å². The van der Waals surface area contributed by atoms with Crippen LogP contribution in [0.5, 0.6) is 11.8 Å². The van der Waals surface area contributed by atoms with Gasteiger partial charge >= 0.3 is 11.9 Å². The molecule has 2 heterocycles. The van der Waals surface area contributed by atoms with Gasteiger partial charge in [0, 0.05) is 19.8 Å². The van der Waals surface area contributed by atoms with Gasteiger partial charge in [0.1, 0.15) is 17.5 Å². The van der Waals surface area contributed by atoms with E-state index in [1.165, 1.54) is 13.8 Å². The molecule has 12 heteroatoms. The minimum absolute atomic E-state index is 0.263. The highest BCUT2D eigenvalue weighted by Gasteiger charge is 2.46. The SMILES string of the molecule is CC(=O)OC1C(SCOc2nnc(O)c(F)c2F)OC(C)C(C)C1OC(C)=O. The predicted molar refractivity (Wildman–Crippen MR) is 91.3 cm³/mol. The van der Waals surface area contributed by atoms with Crippen LogP contribution in [0.2, 0.25) is 0 Å². The summed E-state index contributed by atoms with van der Waals surface area (Å²) in [6, 6.07) is 0. The van der Waals surface area contributed by atoms with Crippen LogP contribution >= 0.6 is 11.8 Å². The van der Waals surface area contributed by atoms with Gasteiger partial charge in [-0.1, -0.05) is 18.7 Å². The number of ether oxygens (including phenoxy) is 4. The van der Waals surface area contributed by atoms with E-state index in [0.717, 1.165) is 11.8 Å². The zero-order valence-corrected chi connectivity index (χ0v) is 16.4. The lowest BCUT2D eigenvalue weighted by Gasteiger charge is -2.43. The number of carbonyl (C=O) groups excluding carboxylic acids is 2. The van der Waals surface area contributed by atoms with Gasteiger partial charge in [-0.05, 0) is 6.92 Å². The zero-order chi connectivity index (χ0) is 21.0. The van der Waals surface area contributed by atoms with Crippen LogP contribution < -0.4 is 4.74 Å². The van der Waals surface area contributed by atoms with Gasteiger partial charge < -0.3 is 24.1 Å². The number of esters is 2. The number of aromatic nitrogens is 2. The van der Waals surface area contributed by atoms with Crippen LogP contribution in [0, 0.1) is 17.6 Å². The zero-order valence-electron chi connectivity index (χ0n) is 15.5. The summed E-state index contributed by atoms with van der Waals surface area (Å²) in [4.78, 5) is 22.9. The van der Waals surface area contributed by atoms with Crippen LogP contribution in [0.25, 0.3) is 0 Å². The molecular weight excluding hydrogens is 402 g/mol. The lowest BCUT2D eigenvalue weighted by molar-refractivity contribution is -0.204. The van der Waals surface area contributed by atoms with Crippen LogP contribution in [0.4, 0.5) is 8.78 Å². The topological polar surface area (TPSA) is 117 Å². The van der Waals surface area contributed by atoms with Gasteiger partial charge in [0.25, 0.3) is 11.8 Å². The van der Waals surface area contributed by atoms with Crippen molar-refractivity contribution < 1.29 is 42.4 Å². The molecule has 0 bridgehead atoms. The maximum atomic E-state index is 13.7. The second-order valence-corrected chi connectivity index (χ2v) is 7.14. The predicted octanol–water partition coefficient (Wildman–Crippen LogP) is 1.77. The molecule has 1 aromatic rings. The first-order chi connectivity index (χ1) is 13.1. The Bertz CT molecular complexity index is 739. The first-order valence-electron chi connectivity index (χ1n) is 8.26. The fourth-order valence-electron chi connectivity index (χ4n) is 2.57. The summed E-state index contributed by atoms with van der Waals surface area (Å²) < 4.78 is 48.4. The Hall–Kier alpha value is -2.21. The average Bonchev–Trinajstić information content (AvgIpc) is 2.61. The largest absolute Gasteiger partial charge is 0.490 e. The van der Waals surface area contributed by atoms with Gasteiger partial charge in [-0.3, -0.25) is 9.59 Å².